The summed E-state index contributed by atoms with van der Waals surface area (Å²) in [6, 6.07) is 5.79. The third kappa shape index (κ3) is 7.61. The first-order valence-corrected chi connectivity index (χ1v) is 17.6. The SMILES string of the molecule is O=C(OC12CC3CC(C1)CC(C(=O)OC(CS(=O)(=O)O)C(F)(F)F)(C3)C2)c1ccc([N+](=O)[O-])c(OC(=O)c2cc(I)cc(I)c2O)c1. The van der Waals surface area contributed by atoms with Crippen molar-refractivity contribution in [3.8, 4) is 11.5 Å². The molecule has 2 aromatic carbocycles. The van der Waals surface area contributed by atoms with Crippen LogP contribution in [0.4, 0.5) is 18.9 Å². The smallest absolute Gasteiger partial charge is 0.426 e. The zero-order valence-electron chi connectivity index (χ0n) is 23.8. The zero-order valence-corrected chi connectivity index (χ0v) is 28.9. The normalized spacial score (nSPS) is 25.6. The molecule has 0 heterocycles. The second kappa shape index (κ2) is 12.6. The largest absolute Gasteiger partial charge is 0.506 e. The number of hydrogen-bond donors (Lipinski definition) is 2. The fraction of sp³-hybridized carbons (Fsp3) is 0.464. The molecule has 2 N–H and O–H groups in total. The van der Waals surface area contributed by atoms with Gasteiger partial charge in [0.15, 0.2) is 0 Å². The standard InChI is InChI=1S/C28H24F3I2NO12S/c29-28(30,31)21(11-47(41,42)43)45-25(38)26-7-13-3-14(8-26)10-27(9-13,12-26)46-23(36)15-1-2-19(34(39)40)20(4-15)44-24(37)17-5-16(32)6-18(33)22(17)35/h1-2,4-6,13-14,21,35H,3,7-12H2,(H,41,42,43). The van der Waals surface area contributed by atoms with E-state index in [1.54, 1.807) is 28.7 Å². The molecule has 4 aliphatic carbocycles. The van der Waals surface area contributed by atoms with Gasteiger partial charge in [0.1, 0.15) is 22.7 Å². The molecule has 4 saturated carbocycles. The minimum Gasteiger partial charge on any atom is -0.506 e. The number of carbonyl (C=O) groups excluding carboxylic acids is 3. The summed E-state index contributed by atoms with van der Waals surface area (Å²) in [5.41, 5.74) is -4.05. The molecular weight excluding hydrogens is 885 g/mol. The number of hydrogen-bond acceptors (Lipinski definition) is 11. The molecule has 3 unspecified atom stereocenters. The molecule has 4 aliphatic rings. The summed E-state index contributed by atoms with van der Waals surface area (Å²) in [5.74, 6) is -6.83. The van der Waals surface area contributed by atoms with E-state index in [9.17, 15) is 51.2 Å². The van der Waals surface area contributed by atoms with Gasteiger partial charge in [-0.15, -0.1) is 0 Å². The third-order valence-electron chi connectivity index (χ3n) is 8.57. The Hall–Kier alpha value is -2.79. The minimum atomic E-state index is -5.29. The highest BCUT2D eigenvalue weighted by Crippen LogP contribution is 2.63. The predicted molar refractivity (Wildman–Crippen MR) is 169 cm³/mol. The first-order chi connectivity index (χ1) is 21.7. The molecule has 254 valence electrons. The number of nitro benzene ring substituents is 1. The van der Waals surface area contributed by atoms with Crippen molar-refractivity contribution in [1.82, 2.24) is 0 Å². The number of aromatic hydroxyl groups is 1. The summed E-state index contributed by atoms with van der Waals surface area (Å²) in [4.78, 5) is 50.5. The number of benzene rings is 2. The summed E-state index contributed by atoms with van der Waals surface area (Å²) < 4.78 is 88.8. The van der Waals surface area contributed by atoms with Crippen LogP contribution in [0.1, 0.15) is 59.2 Å². The minimum absolute atomic E-state index is 0.125. The average molecular weight is 909 g/mol. The number of nitrogens with zero attached hydrogens (tertiary/aromatic N) is 1. The van der Waals surface area contributed by atoms with E-state index in [1.165, 1.54) is 6.07 Å². The molecule has 47 heavy (non-hydrogen) atoms. The quantitative estimate of drug-likeness (QED) is 0.0792. The van der Waals surface area contributed by atoms with Crippen LogP contribution in [0.25, 0.3) is 0 Å². The van der Waals surface area contributed by atoms with E-state index in [2.05, 4.69) is 4.74 Å². The molecule has 6 rings (SSSR count). The fourth-order valence-electron chi connectivity index (χ4n) is 7.18. The van der Waals surface area contributed by atoms with Crippen LogP contribution in [0.5, 0.6) is 11.5 Å². The van der Waals surface area contributed by atoms with Gasteiger partial charge in [-0.05, 0) is 107 Å². The van der Waals surface area contributed by atoms with Gasteiger partial charge >= 0.3 is 29.8 Å². The maximum atomic E-state index is 13.6. The summed E-state index contributed by atoms with van der Waals surface area (Å²) in [7, 11) is -5.16. The van der Waals surface area contributed by atoms with Crippen molar-refractivity contribution in [2.75, 3.05) is 5.75 Å². The van der Waals surface area contributed by atoms with Crippen LogP contribution in [0.15, 0.2) is 30.3 Å². The number of nitro groups is 1. The Morgan fingerprint density at radius 2 is 1.70 bits per heavy atom. The Bertz CT molecular complexity index is 1770. The molecular formula is C28H24F3I2NO12S. The molecule has 19 heteroatoms. The molecule has 4 bridgehead atoms. The van der Waals surface area contributed by atoms with Crippen molar-refractivity contribution in [3.05, 3.63) is 58.7 Å². The summed E-state index contributed by atoms with van der Waals surface area (Å²) in [5, 5.41) is 22.0. The maximum absolute atomic E-state index is 13.6. The van der Waals surface area contributed by atoms with E-state index in [4.69, 9.17) is 14.0 Å². The first kappa shape index (κ1) is 35.5. The van der Waals surface area contributed by atoms with Gasteiger partial charge < -0.3 is 19.3 Å². The Labute approximate surface area is 291 Å². The second-order valence-electron chi connectivity index (χ2n) is 12.1. The third-order valence-corrected chi connectivity index (χ3v) is 10.7. The van der Waals surface area contributed by atoms with E-state index in [0.29, 0.717) is 13.6 Å². The highest BCUT2D eigenvalue weighted by atomic mass is 127. The first-order valence-electron chi connectivity index (χ1n) is 13.8. The van der Waals surface area contributed by atoms with Crippen molar-refractivity contribution in [2.24, 2.45) is 17.3 Å². The number of carbonyl (C=O) groups is 3. The Morgan fingerprint density at radius 1 is 1.06 bits per heavy atom. The number of rotatable bonds is 9. The van der Waals surface area contributed by atoms with Gasteiger partial charge in [-0.25, -0.2) is 9.59 Å². The second-order valence-corrected chi connectivity index (χ2v) is 16.0. The Morgan fingerprint density at radius 3 is 2.28 bits per heavy atom. The van der Waals surface area contributed by atoms with Crippen molar-refractivity contribution in [1.29, 1.82) is 0 Å². The van der Waals surface area contributed by atoms with Gasteiger partial charge in [-0.1, -0.05) is 0 Å². The van der Waals surface area contributed by atoms with Crippen molar-refractivity contribution < 1.29 is 64.8 Å². The van der Waals surface area contributed by atoms with Crippen LogP contribution < -0.4 is 4.74 Å². The lowest BCUT2D eigenvalue weighted by molar-refractivity contribution is -0.385. The van der Waals surface area contributed by atoms with Gasteiger partial charge in [-0.3, -0.25) is 19.5 Å². The highest BCUT2D eigenvalue weighted by molar-refractivity contribution is 14.1. The van der Waals surface area contributed by atoms with Crippen molar-refractivity contribution in [2.45, 2.75) is 56.4 Å². The van der Waals surface area contributed by atoms with Gasteiger partial charge in [-0.2, -0.15) is 21.6 Å². The van der Waals surface area contributed by atoms with Crippen molar-refractivity contribution >= 4 is 78.9 Å². The number of ether oxygens (including phenoxy) is 3. The summed E-state index contributed by atoms with van der Waals surface area (Å²) in [6.45, 7) is 0. The number of esters is 3. The molecule has 0 radical (unpaired) electrons. The van der Waals surface area contributed by atoms with Gasteiger partial charge in [0.05, 0.1) is 19.5 Å². The molecule has 0 aliphatic heterocycles. The fourth-order valence-corrected chi connectivity index (χ4v) is 9.67. The topological polar surface area (TPSA) is 197 Å². The number of phenolic OH excluding ortho intramolecular Hbond substituents is 1. The van der Waals surface area contributed by atoms with Gasteiger partial charge in [0.25, 0.3) is 10.1 Å². The lowest BCUT2D eigenvalue weighted by Gasteiger charge is -2.59. The monoisotopic (exact) mass is 909 g/mol. The van der Waals surface area contributed by atoms with E-state index in [0.717, 1.165) is 18.2 Å². The highest BCUT2D eigenvalue weighted by Gasteiger charge is 2.64. The summed E-state index contributed by atoms with van der Waals surface area (Å²) in [6.07, 6.45) is -7.20. The van der Waals surface area contributed by atoms with Crippen LogP contribution in [-0.2, 0) is 24.4 Å². The van der Waals surface area contributed by atoms with Crippen LogP contribution in [0.2, 0.25) is 0 Å². The van der Waals surface area contributed by atoms with E-state index >= 15 is 0 Å². The van der Waals surface area contributed by atoms with Crippen molar-refractivity contribution in [3.63, 3.8) is 0 Å². The van der Waals surface area contributed by atoms with E-state index < -0.39 is 79.2 Å². The maximum Gasteiger partial charge on any atom is 0.426 e. The molecule has 13 nitrogen and oxygen atoms in total. The molecule has 0 spiro atoms. The average Bonchev–Trinajstić information content (AvgIpc) is 2.92. The number of phenols is 1. The molecule has 0 amide bonds. The molecule has 4 fully saturated rings. The van der Waals surface area contributed by atoms with Gasteiger partial charge in [0, 0.05) is 22.1 Å². The van der Waals surface area contributed by atoms with Gasteiger partial charge in [0.2, 0.25) is 11.9 Å². The van der Waals surface area contributed by atoms with E-state index in [-0.39, 0.29) is 55.1 Å². The van der Waals surface area contributed by atoms with Crippen LogP contribution >= 0.6 is 45.2 Å². The molecule has 0 saturated heterocycles. The zero-order chi connectivity index (χ0) is 34.7. The predicted octanol–water partition coefficient (Wildman–Crippen LogP) is 5.59. The number of halogens is 5. The Balaban J connectivity index is 1.39. The molecule has 2 aromatic rings. The number of alkyl halides is 3. The lowest BCUT2D eigenvalue weighted by Crippen LogP contribution is -2.60. The molecule has 0 aromatic heterocycles. The van der Waals surface area contributed by atoms with E-state index in [1.807, 2.05) is 22.6 Å². The van der Waals surface area contributed by atoms with Crippen LogP contribution in [0, 0.1) is 34.5 Å². The lowest BCUT2D eigenvalue weighted by atomic mass is 9.48. The Kier molecular flexibility index (Phi) is 9.51. The molecule has 3 atom stereocenters. The summed E-state index contributed by atoms with van der Waals surface area (Å²) >= 11 is 3.68. The van der Waals surface area contributed by atoms with Crippen LogP contribution in [-0.4, -0.2) is 64.5 Å². The van der Waals surface area contributed by atoms with Crippen LogP contribution in [0.3, 0.4) is 0 Å².